The van der Waals surface area contributed by atoms with Gasteiger partial charge in [-0.3, -0.25) is 4.79 Å². The molecule has 0 saturated carbocycles. The van der Waals surface area contributed by atoms with Gasteiger partial charge in [-0.2, -0.15) is 9.30 Å². The molecule has 1 aromatic heterocycles. The van der Waals surface area contributed by atoms with Gasteiger partial charge in [-0.05, 0) is 56.4 Å². The highest BCUT2D eigenvalue weighted by molar-refractivity contribution is 7.98. The number of thioether (sulfide) groups is 1. The van der Waals surface area contributed by atoms with Crippen LogP contribution >= 0.6 is 23.1 Å². The minimum absolute atomic E-state index is 0.205. The zero-order valence-electron chi connectivity index (χ0n) is 18.0. The summed E-state index contributed by atoms with van der Waals surface area (Å²) in [5, 5.41) is 0. The summed E-state index contributed by atoms with van der Waals surface area (Å²) in [5.41, 5.74) is 1.96. The molecule has 0 spiro atoms. The number of benzene rings is 2. The number of nitrogens with zero attached hydrogens (tertiary/aromatic N) is 3. The van der Waals surface area contributed by atoms with E-state index in [1.807, 2.05) is 29.9 Å². The third-order valence-electron chi connectivity index (χ3n) is 5.52. The molecule has 1 amide bonds. The monoisotopic (exact) mass is 487 g/mol. The number of hydrogen-bond donors (Lipinski definition) is 0. The fourth-order valence-electron chi connectivity index (χ4n) is 3.86. The molecule has 2 heterocycles. The number of rotatable bonds is 6. The molecule has 0 aliphatic carbocycles. The van der Waals surface area contributed by atoms with E-state index in [2.05, 4.69) is 17.6 Å². The molecule has 1 unspecified atom stereocenters. The summed E-state index contributed by atoms with van der Waals surface area (Å²) in [7, 11) is -3.77. The van der Waals surface area contributed by atoms with Crippen molar-refractivity contribution >= 4 is 49.2 Å². The van der Waals surface area contributed by atoms with Crippen molar-refractivity contribution in [1.82, 2.24) is 8.87 Å². The Balaban J connectivity index is 1.72. The molecule has 1 aliphatic heterocycles. The molecule has 3 aromatic rings. The molecule has 1 atom stereocenters. The van der Waals surface area contributed by atoms with E-state index in [0.29, 0.717) is 30.7 Å². The largest absolute Gasteiger partial charge is 0.313 e. The van der Waals surface area contributed by atoms with Crippen LogP contribution in [-0.2, 0) is 21.4 Å². The first-order valence-electron chi connectivity index (χ1n) is 10.3. The Kier molecular flexibility index (Phi) is 6.71. The van der Waals surface area contributed by atoms with E-state index >= 15 is 0 Å². The number of carbonyl (C=O) groups excluding carboxylic acids is 1. The van der Waals surface area contributed by atoms with E-state index in [1.165, 1.54) is 15.6 Å². The van der Waals surface area contributed by atoms with E-state index in [4.69, 9.17) is 0 Å². The number of amides is 1. The van der Waals surface area contributed by atoms with Gasteiger partial charge in [-0.25, -0.2) is 8.42 Å². The predicted octanol–water partition coefficient (Wildman–Crippen LogP) is 4.20. The van der Waals surface area contributed by atoms with E-state index in [-0.39, 0.29) is 4.90 Å². The van der Waals surface area contributed by atoms with Crippen LogP contribution in [0.15, 0.2) is 69.9 Å². The number of sulfonamides is 1. The van der Waals surface area contributed by atoms with Gasteiger partial charge < -0.3 is 4.57 Å². The molecular weight excluding hydrogens is 462 g/mol. The van der Waals surface area contributed by atoms with Crippen LogP contribution in [0.1, 0.15) is 18.4 Å². The Hall–Kier alpha value is -2.20. The molecule has 32 heavy (non-hydrogen) atoms. The highest BCUT2D eigenvalue weighted by Gasteiger charge is 2.39. The van der Waals surface area contributed by atoms with E-state index < -0.39 is 22.0 Å². The van der Waals surface area contributed by atoms with Crippen molar-refractivity contribution in [3.8, 4) is 0 Å². The van der Waals surface area contributed by atoms with Crippen LogP contribution in [0.25, 0.3) is 10.2 Å². The first-order chi connectivity index (χ1) is 15.3. The summed E-state index contributed by atoms with van der Waals surface area (Å²) in [6.45, 7) is 6.56. The maximum atomic E-state index is 13.2. The summed E-state index contributed by atoms with van der Waals surface area (Å²) in [6.07, 6.45) is 4.88. The fraction of sp³-hybridized carbons (Fsp3) is 0.304. The number of thiazole rings is 1. The van der Waals surface area contributed by atoms with Gasteiger partial charge in [0.15, 0.2) is 4.80 Å². The Labute approximate surface area is 196 Å². The zero-order valence-corrected chi connectivity index (χ0v) is 20.5. The zero-order chi connectivity index (χ0) is 22.9. The molecule has 0 radical (unpaired) electrons. The van der Waals surface area contributed by atoms with E-state index in [0.717, 1.165) is 20.7 Å². The molecule has 0 N–H and O–H groups in total. The molecule has 4 rings (SSSR count). The molecule has 1 fully saturated rings. The molecule has 2 aromatic carbocycles. The van der Waals surface area contributed by atoms with Gasteiger partial charge in [0.2, 0.25) is 10.0 Å². The lowest BCUT2D eigenvalue weighted by molar-refractivity contribution is -0.121. The minimum Gasteiger partial charge on any atom is -0.313 e. The average molecular weight is 488 g/mol. The molecule has 0 bridgehead atoms. The van der Waals surface area contributed by atoms with Gasteiger partial charge in [0.25, 0.3) is 5.91 Å². The first kappa shape index (κ1) is 23.0. The smallest absolute Gasteiger partial charge is 0.266 e. The average Bonchev–Trinajstić information content (AvgIpc) is 3.40. The van der Waals surface area contributed by atoms with E-state index in [1.54, 1.807) is 42.1 Å². The van der Waals surface area contributed by atoms with Gasteiger partial charge in [0.1, 0.15) is 6.04 Å². The highest BCUT2D eigenvalue weighted by atomic mass is 32.2. The molecule has 6 nitrogen and oxygen atoms in total. The Morgan fingerprint density at radius 3 is 2.72 bits per heavy atom. The van der Waals surface area contributed by atoms with Crippen LogP contribution < -0.4 is 4.80 Å². The standard InChI is InChI=1S/C23H25N3O3S3/c1-4-13-25-19-12-9-17(30-3)15-21(19)31-23(25)24-22(27)20-6-5-14-26(20)32(28,29)18-10-7-16(2)8-11-18/h4,7-12,15,20H,1,5-6,13-14H2,2-3H3. The van der Waals surface area contributed by atoms with Crippen molar-refractivity contribution in [2.75, 3.05) is 12.8 Å². The molecule has 1 aliphatic rings. The maximum Gasteiger partial charge on any atom is 0.266 e. The number of fused-ring (bicyclic) bond motifs is 1. The summed E-state index contributed by atoms with van der Waals surface area (Å²) < 4.78 is 30.7. The quantitative estimate of drug-likeness (QED) is 0.386. The van der Waals surface area contributed by atoms with E-state index in [9.17, 15) is 13.2 Å². The van der Waals surface area contributed by atoms with Crippen molar-refractivity contribution in [2.24, 2.45) is 4.99 Å². The van der Waals surface area contributed by atoms with Gasteiger partial charge in [0, 0.05) is 18.0 Å². The molecule has 9 heteroatoms. The van der Waals surface area contributed by atoms with Crippen LogP contribution in [0.3, 0.4) is 0 Å². The normalized spacial score (nSPS) is 17.8. The second kappa shape index (κ2) is 9.35. The lowest BCUT2D eigenvalue weighted by Gasteiger charge is -2.21. The van der Waals surface area contributed by atoms with Gasteiger partial charge >= 0.3 is 0 Å². The first-order valence-corrected chi connectivity index (χ1v) is 13.8. The summed E-state index contributed by atoms with van der Waals surface area (Å²) in [4.78, 5) is 19.5. The van der Waals surface area contributed by atoms with Crippen molar-refractivity contribution in [2.45, 2.75) is 42.1 Å². The molecule has 168 valence electrons. The van der Waals surface area contributed by atoms with Crippen molar-refractivity contribution in [3.63, 3.8) is 0 Å². The summed E-state index contributed by atoms with van der Waals surface area (Å²) >= 11 is 3.09. The number of allylic oxidation sites excluding steroid dienone is 1. The second-order valence-electron chi connectivity index (χ2n) is 7.65. The Morgan fingerprint density at radius 1 is 1.28 bits per heavy atom. The number of carbonyl (C=O) groups is 1. The lowest BCUT2D eigenvalue weighted by atomic mass is 10.2. The predicted molar refractivity (Wildman–Crippen MR) is 130 cm³/mol. The third-order valence-corrected chi connectivity index (χ3v) is 9.21. The topological polar surface area (TPSA) is 71.7 Å². The molecular formula is C23H25N3O3S3. The molecule has 1 saturated heterocycles. The lowest BCUT2D eigenvalue weighted by Crippen LogP contribution is -2.40. The summed E-state index contributed by atoms with van der Waals surface area (Å²) in [5.74, 6) is -0.423. The van der Waals surface area contributed by atoms with Crippen molar-refractivity contribution in [3.05, 3.63) is 65.5 Å². The highest BCUT2D eigenvalue weighted by Crippen LogP contribution is 2.28. The SMILES string of the molecule is C=CCn1c(=NC(=O)C2CCCN2S(=O)(=O)c2ccc(C)cc2)sc2cc(SC)ccc21. The fourth-order valence-corrected chi connectivity index (χ4v) is 7.11. The minimum atomic E-state index is -3.77. The van der Waals surface area contributed by atoms with Crippen LogP contribution in [0.4, 0.5) is 0 Å². The van der Waals surface area contributed by atoms with Crippen LogP contribution in [0.2, 0.25) is 0 Å². The summed E-state index contributed by atoms with van der Waals surface area (Å²) in [6, 6.07) is 12.1. The van der Waals surface area contributed by atoms with Gasteiger partial charge in [0.05, 0.1) is 15.1 Å². The number of aromatic nitrogens is 1. The van der Waals surface area contributed by atoms with Crippen molar-refractivity contribution < 1.29 is 13.2 Å². The number of aryl methyl sites for hydroxylation is 1. The van der Waals surface area contributed by atoms with Crippen LogP contribution in [0.5, 0.6) is 0 Å². The number of hydrogen-bond acceptors (Lipinski definition) is 5. The maximum absolute atomic E-state index is 13.2. The van der Waals surface area contributed by atoms with Gasteiger partial charge in [-0.1, -0.05) is 35.1 Å². The second-order valence-corrected chi connectivity index (χ2v) is 11.4. The van der Waals surface area contributed by atoms with Crippen LogP contribution in [-0.4, -0.2) is 42.0 Å². The van der Waals surface area contributed by atoms with Crippen molar-refractivity contribution in [1.29, 1.82) is 0 Å². The Bertz CT molecular complexity index is 1340. The Morgan fingerprint density at radius 2 is 2.03 bits per heavy atom. The third kappa shape index (κ3) is 4.34. The van der Waals surface area contributed by atoms with Crippen LogP contribution in [0, 0.1) is 6.92 Å². The van der Waals surface area contributed by atoms with Gasteiger partial charge in [-0.15, -0.1) is 18.3 Å².